The number of carbonyl (C=O) groups is 2. The molecule has 0 bridgehead atoms. The van der Waals surface area contributed by atoms with Crippen molar-refractivity contribution in [2.24, 2.45) is 0 Å². The molecule has 0 aliphatic heterocycles. The molecule has 0 saturated heterocycles. The third kappa shape index (κ3) is 3.61. The number of aldehydes is 2. The first-order chi connectivity index (χ1) is 10.7. The first-order valence-corrected chi connectivity index (χ1v) is 6.49. The Morgan fingerprint density at radius 1 is 0.682 bits per heavy atom. The van der Waals surface area contributed by atoms with Crippen LogP contribution in [0.1, 0.15) is 11.1 Å². The van der Waals surface area contributed by atoms with E-state index in [-0.39, 0.29) is 22.3 Å². The van der Waals surface area contributed by atoms with Crippen molar-refractivity contribution in [3.8, 4) is 0 Å². The van der Waals surface area contributed by atoms with E-state index in [1.165, 1.54) is 48.6 Å². The molecule has 0 aromatic heterocycles. The lowest BCUT2D eigenvalue weighted by Gasteiger charge is -2.02. The van der Waals surface area contributed by atoms with Gasteiger partial charge in [-0.25, -0.2) is 8.78 Å². The summed E-state index contributed by atoms with van der Waals surface area (Å²) >= 11 is 0. The minimum Gasteiger partial charge on any atom is -0.298 e. The molecule has 0 aliphatic carbocycles. The van der Waals surface area contributed by atoms with Gasteiger partial charge >= 0.3 is 0 Å². The van der Waals surface area contributed by atoms with Crippen molar-refractivity contribution in [3.05, 3.63) is 82.4 Å². The van der Waals surface area contributed by atoms with Gasteiger partial charge in [0, 0.05) is 22.3 Å². The van der Waals surface area contributed by atoms with Crippen LogP contribution in [0.5, 0.6) is 0 Å². The highest BCUT2D eigenvalue weighted by atomic mass is 19.1. The quantitative estimate of drug-likeness (QED) is 0.477. The van der Waals surface area contributed by atoms with Crippen LogP contribution in [0.15, 0.2) is 59.7 Å². The van der Waals surface area contributed by atoms with Gasteiger partial charge in [0.1, 0.15) is 11.6 Å². The van der Waals surface area contributed by atoms with Gasteiger partial charge in [-0.2, -0.15) is 0 Å². The number of hydrogen-bond acceptors (Lipinski definition) is 2. The second-order valence-corrected chi connectivity index (χ2v) is 4.48. The smallest absolute Gasteiger partial charge is 0.150 e. The molecule has 0 radical (unpaired) electrons. The molecule has 0 heterocycles. The summed E-state index contributed by atoms with van der Waals surface area (Å²) in [7, 11) is 0. The van der Waals surface area contributed by atoms with Crippen molar-refractivity contribution in [2.75, 3.05) is 0 Å². The number of benzene rings is 2. The van der Waals surface area contributed by atoms with Crippen LogP contribution < -0.4 is 0 Å². The van der Waals surface area contributed by atoms with Crippen molar-refractivity contribution in [1.82, 2.24) is 0 Å². The molecule has 22 heavy (non-hydrogen) atoms. The summed E-state index contributed by atoms with van der Waals surface area (Å²) in [5, 5.41) is 0. The lowest BCUT2D eigenvalue weighted by atomic mass is 10.0. The highest BCUT2D eigenvalue weighted by molar-refractivity contribution is 6.02. The van der Waals surface area contributed by atoms with E-state index >= 15 is 0 Å². The number of rotatable bonds is 5. The molecule has 110 valence electrons. The number of allylic oxidation sites excluding steroid dienone is 2. The molecule has 2 nitrogen and oxygen atoms in total. The van der Waals surface area contributed by atoms with Gasteiger partial charge in [0.2, 0.25) is 0 Å². The largest absolute Gasteiger partial charge is 0.298 e. The average molecular weight is 298 g/mol. The fraction of sp³-hybridized carbons (Fsp3) is 0. The van der Waals surface area contributed by atoms with Crippen molar-refractivity contribution >= 4 is 24.7 Å². The summed E-state index contributed by atoms with van der Waals surface area (Å²) in [4.78, 5) is 22.4. The van der Waals surface area contributed by atoms with Gasteiger partial charge in [-0.3, -0.25) is 9.59 Å². The molecular formula is C18H12F2O2. The standard InChI is InChI=1S/C18H12F2O2/c19-17-7-3-1-5-13(17)9-15(11-21)16(12-22)10-14-6-2-4-8-18(14)20/h1-12H/b15-9-,16-10-. The summed E-state index contributed by atoms with van der Waals surface area (Å²) in [5.41, 5.74) is 0.295. The topological polar surface area (TPSA) is 34.1 Å². The maximum Gasteiger partial charge on any atom is 0.150 e. The van der Waals surface area contributed by atoms with Gasteiger partial charge in [-0.05, 0) is 24.3 Å². The van der Waals surface area contributed by atoms with E-state index in [0.29, 0.717) is 12.6 Å². The first-order valence-electron chi connectivity index (χ1n) is 6.49. The predicted molar refractivity (Wildman–Crippen MR) is 80.9 cm³/mol. The van der Waals surface area contributed by atoms with E-state index in [9.17, 15) is 18.4 Å². The molecule has 0 unspecified atom stereocenters. The van der Waals surface area contributed by atoms with E-state index in [4.69, 9.17) is 0 Å². The van der Waals surface area contributed by atoms with Crippen molar-refractivity contribution < 1.29 is 18.4 Å². The Bertz CT molecular complexity index is 696. The van der Waals surface area contributed by atoms with Gasteiger partial charge in [0.15, 0.2) is 12.6 Å². The summed E-state index contributed by atoms with van der Waals surface area (Å²) in [6.45, 7) is 0. The van der Waals surface area contributed by atoms with Crippen LogP contribution in [0.3, 0.4) is 0 Å². The van der Waals surface area contributed by atoms with E-state index in [1.807, 2.05) is 0 Å². The molecule has 0 atom stereocenters. The molecule has 2 rings (SSSR count). The second-order valence-electron chi connectivity index (χ2n) is 4.48. The molecule has 0 saturated carbocycles. The maximum absolute atomic E-state index is 13.6. The molecule has 2 aromatic rings. The van der Waals surface area contributed by atoms with Gasteiger partial charge in [0.25, 0.3) is 0 Å². The van der Waals surface area contributed by atoms with Gasteiger partial charge in [0.05, 0.1) is 0 Å². The van der Waals surface area contributed by atoms with E-state index in [1.54, 1.807) is 12.1 Å². The summed E-state index contributed by atoms with van der Waals surface area (Å²) in [6.07, 6.45) is 3.38. The lowest BCUT2D eigenvalue weighted by molar-refractivity contribution is -0.107. The van der Waals surface area contributed by atoms with E-state index in [2.05, 4.69) is 0 Å². The zero-order valence-electron chi connectivity index (χ0n) is 11.5. The Balaban J connectivity index is 2.48. The van der Waals surface area contributed by atoms with Crippen LogP contribution in [0.25, 0.3) is 12.2 Å². The SMILES string of the molecule is O=CC(=C/c1ccccc1F)/C(C=O)=C\c1ccccc1F. The Morgan fingerprint density at radius 2 is 1.05 bits per heavy atom. The van der Waals surface area contributed by atoms with Gasteiger partial charge < -0.3 is 0 Å². The maximum atomic E-state index is 13.6. The summed E-state index contributed by atoms with van der Waals surface area (Å²) < 4.78 is 27.2. The molecular weight excluding hydrogens is 286 g/mol. The van der Waals surface area contributed by atoms with Crippen LogP contribution >= 0.6 is 0 Å². The molecule has 0 spiro atoms. The summed E-state index contributed by atoms with van der Waals surface area (Å²) in [5.74, 6) is -1.03. The Kier molecular flexibility index (Phi) is 5.09. The Morgan fingerprint density at radius 3 is 1.36 bits per heavy atom. The van der Waals surface area contributed by atoms with Gasteiger partial charge in [-0.15, -0.1) is 0 Å². The zero-order chi connectivity index (χ0) is 15.9. The van der Waals surface area contributed by atoms with Crippen LogP contribution in [0, 0.1) is 11.6 Å². The van der Waals surface area contributed by atoms with Crippen LogP contribution in [0.2, 0.25) is 0 Å². The predicted octanol–water partition coefficient (Wildman–Crippen LogP) is 3.83. The molecule has 0 fully saturated rings. The fourth-order valence-electron chi connectivity index (χ4n) is 1.89. The lowest BCUT2D eigenvalue weighted by Crippen LogP contribution is -1.95. The van der Waals surface area contributed by atoms with Crippen LogP contribution in [-0.2, 0) is 9.59 Å². The minimum atomic E-state index is -0.516. The third-order valence-corrected chi connectivity index (χ3v) is 3.02. The van der Waals surface area contributed by atoms with Crippen LogP contribution in [-0.4, -0.2) is 12.6 Å². The third-order valence-electron chi connectivity index (χ3n) is 3.02. The summed E-state index contributed by atoms with van der Waals surface area (Å²) in [6, 6.07) is 11.7. The zero-order valence-corrected chi connectivity index (χ0v) is 11.5. The minimum absolute atomic E-state index is 0.0247. The number of carbonyl (C=O) groups excluding carboxylic acids is 2. The fourth-order valence-corrected chi connectivity index (χ4v) is 1.89. The molecule has 4 heteroatoms. The van der Waals surface area contributed by atoms with Gasteiger partial charge in [-0.1, -0.05) is 36.4 Å². The van der Waals surface area contributed by atoms with Crippen molar-refractivity contribution in [2.45, 2.75) is 0 Å². The van der Waals surface area contributed by atoms with Crippen molar-refractivity contribution in [3.63, 3.8) is 0 Å². The van der Waals surface area contributed by atoms with Crippen molar-refractivity contribution in [1.29, 1.82) is 0 Å². The Hall–Kier alpha value is -2.88. The first kappa shape index (κ1) is 15.5. The second kappa shape index (κ2) is 7.22. The monoisotopic (exact) mass is 298 g/mol. The van der Waals surface area contributed by atoms with E-state index < -0.39 is 11.6 Å². The Labute approximate surface area is 126 Å². The molecule has 0 aliphatic rings. The normalized spacial score (nSPS) is 12.1. The number of hydrogen-bond donors (Lipinski definition) is 0. The number of halogens is 2. The van der Waals surface area contributed by atoms with Crippen LogP contribution in [0.4, 0.5) is 8.78 Å². The molecule has 2 aromatic carbocycles. The average Bonchev–Trinajstić information content (AvgIpc) is 2.54. The highest BCUT2D eigenvalue weighted by Gasteiger charge is 2.07. The van der Waals surface area contributed by atoms with E-state index in [0.717, 1.165) is 0 Å². The molecule has 0 N–H and O–H groups in total. The molecule has 0 amide bonds. The highest BCUT2D eigenvalue weighted by Crippen LogP contribution is 2.18.